The van der Waals surface area contributed by atoms with Gasteiger partial charge in [0, 0.05) is 13.6 Å². The highest BCUT2D eigenvalue weighted by Crippen LogP contribution is 2.05. The van der Waals surface area contributed by atoms with Gasteiger partial charge in [0.25, 0.3) is 5.24 Å². The molecule has 66 valence electrons. The Morgan fingerprint density at radius 2 is 2.09 bits per heavy atom. The fourth-order valence-corrected chi connectivity index (χ4v) is 1.10. The Bertz CT molecular complexity index is 125. The molecule has 11 heavy (non-hydrogen) atoms. The van der Waals surface area contributed by atoms with Crippen LogP contribution in [0.3, 0.4) is 0 Å². The third-order valence-corrected chi connectivity index (χ3v) is 2.19. The van der Waals surface area contributed by atoms with Gasteiger partial charge in [0.1, 0.15) is 0 Å². The van der Waals surface area contributed by atoms with Gasteiger partial charge >= 0.3 is 0 Å². The number of nitrogens with zero attached hydrogens (tertiary/aromatic N) is 1. The maximum absolute atomic E-state index is 11.0. The molecule has 0 saturated heterocycles. The molecule has 0 unspecified atom stereocenters. The maximum atomic E-state index is 11.0. The van der Waals surface area contributed by atoms with Crippen LogP contribution in [0.1, 0.15) is 20.3 Å². The van der Waals surface area contributed by atoms with Gasteiger partial charge in [-0.05, 0) is 18.6 Å². The summed E-state index contributed by atoms with van der Waals surface area (Å²) in [6.45, 7) is 5.20. The minimum atomic E-state index is 0.158. The van der Waals surface area contributed by atoms with E-state index in [-0.39, 0.29) is 5.24 Å². The van der Waals surface area contributed by atoms with Gasteiger partial charge in [-0.25, -0.2) is 0 Å². The van der Waals surface area contributed by atoms with Gasteiger partial charge in [-0.2, -0.15) is 0 Å². The largest absolute Gasteiger partial charge is 0.337 e. The summed E-state index contributed by atoms with van der Waals surface area (Å²) in [5, 5.41) is 0.158. The molecule has 0 N–H and O–H groups in total. The fraction of sp³-hybridized carbons (Fsp3) is 0.875. The highest BCUT2D eigenvalue weighted by Gasteiger charge is 2.06. The van der Waals surface area contributed by atoms with Gasteiger partial charge in [0.15, 0.2) is 0 Å². The molecule has 0 bridgehead atoms. The first kappa shape index (κ1) is 10.8. The molecule has 0 atom stereocenters. The predicted molar refractivity (Wildman–Crippen MR) is 51.0 cm³/mol. The predicted octanol–water partition coefficient (Wildman–Crippen LogP) is 2.45. The Morgan fingerprint density at radius 1 is 1.55 bits per heavy atom. The summed E-state index contributed by atoms with van der Waals surface area (Å²) in [6, 6.07) is 0. The lowest BCUT2D eigenvalue weighted by Crippen LogP contribution is -2.24. The first-order chi connectivity index (χ1) is 5.07. The minimum Gasteiger partial charge on any atom is -0.337 e. The lowest BCUT2D eigenvalue weighted by Gasteiger charge is -2.16. The molecule has 0 aromatic heterocycles. The third-order valence-electron chi connectivity index (χ3n) is 1.53. The summed E-state index contributed by atoms with van der Waals surface area (Å²) < 4.78 is 0. The van der Waals surface area contributed by atoms with Gasteiger partial charge < -0.3 is 4.90 Å². The van der Waals surface area contributed by atoms with E-state index in [1.807, 2.05) is 13.3 Å². The second-order valence-electron chi connectivity index (χ2n) is 3.07. The van der Waals surface area contributed by atoms with Crippen LogP contribution in [-0.4, -0.2) is 30.0 Å². The summed E-state index contributed by atoms with van der Waals surface area (Å²) in [5.41, 5.74) is 0. The summed E-state index contributed by atoms with van der Waals surface area (Å²) in [7, 11) is 1.85. The Kier molecular flexibility index (Phi) is 5.38. The minimum absolute atomic E-state index is 0.158. The van der Waals surface area contributed by atoms with Gasteiger partial charge in [0.05, 0.1) is 0 Å². The van der Waals surface area contributed by atoms with Crippen molar-refractivity contribution in [1.29, 1.82) is 0 Å². The van der Waals surface area contributed by atoms with E-state index in [4.69, 9.17) is 0 Å². The monoisotopic (exact) mass is 175 g/mol. The highest BCUT2D eigenvalue weighted by atomic mass is 32.2. The average Bonchev–Trinajstić information content (AvgIpc) is 1.98. The van der Waals surface area contributed by atoms with E-state index in [0.29, 0.717) is 5.92 Å². The lowest BCUT2D eigenvalue weighted by atomic mass is 10.1. The van der Waals surface area contributed by atoms with Crippen LogP contribution < -0.4 is 0 Å². The van der Waals surface area contributed by atoms with Crippen molar-refractivity contribution in [1.82, 2.24) is 4.90 Å². The fourth-order valence-electron chi connectivity index (χ4n) is 0.699. The highest BCUT2D eigenvalue weighted by molar-refractivity contribution is 8.12. The van der Waals surface area contributed by atoms with Crippen LogP contribution in [0.4, 0.5) is 4.79 Å². The van der Waals surface area contributed by atoms with Crippen LogP contribution in [0.2, 0.25) is 0 Å². The molecule has 0 radical (unpaired) electrons. The number of hydrogen-bond donors (Lipinski definition) is 0. The molecule has 0 aromatic carbocycles. The molecule has 1 amide bonds. The summed E-state index contributed by atoms with van der Waals surface area (Å²) in [5.74, 6) is 0.673. The summed E-state index contributed by atoms with van der Waals surface area (Å²) >= 11 is 1.27. The molecule has 2 nitrogen and oxygen atoms in total. The van der Waals surface area contributed by atoms with Crippen molar-refractivity contribution in [3.05, 3.63) is 0 Å². The van der Waals surface area contributed by atoms with Gasteiger partial charge in [-0.3, -0.25) is 4.79 Å². The average molecular weight is 175 g/mol. The topological polar surface area (TPSA) is 20.3 Å². The molecule has 0 spiro atoms. The maximum Gasteiger partial charge on any atom is 0.281 e. The van der Waals surface area contributed by atoms with Gasteiger partial charge in [-0.15, -0.1) is 0 Å². The first-order valence-electron chi connectivity index (χ1n) is 3.87. The molecule has 0 aliphatic carbocycles. The molecule has 0 aliphatic heterocycles. The molecule has 3 heteroatoms. The summed E-state index contributed by atoms with van der Waals surface area (Å²) in [6.07, 6.45) is 2.90. The van der Waals surface area contributed by atoms with E-state index in [1.165, 1.54) is 11.8 Å². The molecular weight excluding hydrogens is 158 g/mol. The number of carbonyl (C=O) groups is 1. The number of hydrogen-bond acceptors (Lipinski definition) is 2. The Hall–Kier alpha value is -0.180. The van der Waals surface area contributed by atoms with E-state index in [1.54, 1.807) is 4.90 Å². The number of thioether (sulfide) groups is 1. The SMILES string of the molecule is CSC(=O)N(C)CCC(C)C. The van der Waals surface area contributed by atoms with Crippen LogP contribution in [0.15, 0.2) is 0 Å². The smallest absolute Gasteiger partial charge is 0.281 e. The molecule has 0 saturated carbocycles. The van der Waals surface area contributed by atoms with E-state index in [9.17, 15) is 4.79 Å². The summed E-state index contributed by atoms with van der Waals surface area (Å²) in [4.78, 5) is 12.8. The van der Waals surface area contributed by atoms with Crippen molar-refractivity contribution >= 4 is 17.0 Å². The van der Waals surface area contributed by atoms with Crippen LogP contribution in [0.5, 0.6) is 0 Å². The van der Waals surface area contributed by atoms with Crippen molar-refractivity contribution in [2.24, 2.45) is 5.92 Å². The van der Waals surface area contributed by atoms with Crippen molar-refractivity contribution in [2.45, 2.75) is 20.3 Å². The van der Waals surface area contributed by atoms with E-state index >= 15 is 0 Å². The number of amides is 1. The number of rotatable bonds is 3. The van der Waals surface area contributed by atoms with Crippen LogP contribution >= 0.6 is 11.8 Å². The van der Waals surface area contributed by atoms with Crippen molar-refractivity contribution in [2.75, 3.05) is 19.8 Å². The standard InChI is InChI=1S/C8H17NOS/c1-7(2)5-6-9(3)8(10)11-4/h7H,5-6H2,1-4H3. The molecule has 0 aliphatic rings. The molecular formula is C8H17NOS. The van der Waals surface area contributed by atoms with Crippen LogP contribution in [0.25, 0.3) is 0 Å². The quantitative estimate of drug-likeness (QED) is 0.656. The van der Waals surface area contributed by atoms with Gasteiger partial charge in [-0.1, -0.05) is 25.6 Å². The Labute approximate surface area is 73.3 Å². The molecule has 0 rings (SSSR count). The normalized spacial score (nSPS) is 10.3. The zero-order chi connectivity index (χ0) is 8.85. The van der Waals surface area contributed by atoms with Crippen molar-refractivity contribution in [3.63, 3.8) is 0 Å². The Morgan fingerprint density at radius 3 is 2.45 bits per heavy atom. The zero-order valence-corrected chi connectivity index (χ0v) is 8.57. The Balaban J connectivity index is 3.52. The van der Waals surface area contributed by atoms with E-state index in [2.05, 4.69) is 13.8 Å². The molecule has 0 fully saturated rings. The van der Waals surface area contributed by atoms with Crippen molar-refractivity contribution < 1.29 is 4.79 Å². The second kappa shape index (κ2) is 5.47. The molecule has 0 heterocycles. The first-order valence-corrected chi connectivity index (χ1v) is 5.09. The number of carbonyl (C=O) groups excluding carboxylic acids is 1. The molecule has 0 aromatic rings. The van der Waals surface area contributed by atoms with Crippen LogP contribution in [-0.2, 0) is 0 Å². The van der Waals surface area contributed by atoms with E-state index in [0.717, 1.165) is 13.0 Å². The zero-order valence-electron chi connectivity index (χ0n) is 7.76. The van der Waals surface area contributed by atoms with E-state index < -0.39 is 0 Å². The second-order valence-corrected chi connectivity index (χ2v) is 3.83. The third kappa shape index (κ3) is 5.13. The van der Waals surface area contributed by atoms with Gasteiger partial charge in [0.2, 0.25) is 0 Å². The van der Waals surface area contributed by atoms with Crippen LogP contribution in [0, 0.1) is 5.92 Å². The van der Waals surface area contributed by atoms with Crippen molar-refractivity contribution in [3.8, 4) is 0 Å². The lowest BCUT2D eigenvalue weighted by molar-refractivity contribution is 0.231.